The summed E-state index contributed by atoms with van der Waals surface area (Å²) >= 11 is 2.73. The summed E-state index contributed by atoms with van der Waals surface area (Å²) in [7, 11) is 0. The lowest BCUT2D eigenvalue weighted by Crippen LogP contribution is -2.29. The zero-order chi connectivity index (χ0) is 29.9. The van der Waals surface area contributed by atoms with E-state index in [2.05, 4.69) is 34.5 Å². The number of aromatic nitrogens is 2. The van der Waals surface area contributed by atoms with Crippen molar-refractivity contribution >= 4 is 45.7 Å². The van der Waals surface area contributed by atoms with E-state index in [0.29, 0.717) is 58.3 Å². The highest BCUT2D eigenvalue weighted by atomic mass is 32.2. The molecule has 3 aromatic carbocycles. The van der Waals surface area contributed by atoms with Crippen LogP contribution in [0.25, 0.3) is 5.76 Å². The highest BCUT2D eigenvalue weighted by Crippen LogP contribution is 2.45. The normalized spacial score (nSPS) is 17.3. The van der Waals surface area contributed by atoms with Crippen LogP contribution >= 0.6 is 23.1 Å². The number of thioether (sulfide) groups is 1. The summed E-state index contributed by atoms with van der Waals surface area (Å²) in [5.41, 5.74) is 3.19. The zero-order valence-electron chi connectivity index (χ0n) is 23.6. The number of rotatable bonds is 9. The molecular weight excluding hydrogens is 587 g/mol. The molecule has 1 aromatic heterocycles. The maximum absolute atomic E-state index is 13.6. The molecule has 1 fully saturated rings. The molecule has 2 aliphatic rings. The number of Topliss-reactive ketones (excluding diaryl/α,β-unsaturated/α-hetero) is 1. The topological polar surface area (TPSA) is 111 Å². The fraction of sp³-hybridized carbons (Fsp3) is 0.250. The minimum atomic E-state index is -0.957. The lowest BCUT2D eigenvalue weighted by atomic mass is 9.95. The summed E-state index contributed by atoms with van der Waals surface area (Å²) in [6.07, 6.45) is 0.820. The van der Waals surface area contributed by atoms with Crippen LogP contribution in [-0.2, 0) is 15.3 Å². The molecule has 1 N–H and O–H groups in total. The van der Waals surface area contributed by atoms with Gasteiger partial charge in [-0.2, -0.15) is 0 Å². The highest BCUT2D eigenvalue weighted by Gasteiger charge is 2.48. The van der Waals surface area contributed by atoms with Gasteiger partial charge in [0.25, 0.3) is 5.78 Å². The molecule has 6 rings (SSSR count). The molecule has 220 valence electrons. The van der Waals surface area contributed by atoms with Gasteiger partial charge in [0.15, 0.2) is 15.8 Å². The Bertz CT molecular complexity index is 1700. The minimum absolute atomic E-state index is 0.0571. The number of ether oxygens (including phenoxy) is 3. The van der Waals surface area contributed by atoms with Gasteiger partial charge in [0.05, 0.1) is 18.2 Å². The number of aliphatic hydroxyl groups is 1. The molecule has 1 unspecified atom stereocenters. The quantitative estimate of drug-likeness (QED) is 0.0760. The van der Waals surface area contributed by atoms with Crippen molar-refractivity contribution in [1.29, 1.82) is 0 Å². The van der Waals surface area contributed by atoms with Crippen LogP contribution in [0.4, 0.5) is 5.13 Å². The van der Waals surface area contributed by atoms with Gasteiger partial charge >= 0.3 is 5.91 Å². The van der Waals surface area contributed by atoms with Gasteiger partial charge in [-0.05, 0) is 54.8 Å². The van der Waals surface area contributed by atoms with E-state index < -0.39 is 17.7 Å². The van der Waals surface area contributed by atoms with Crippen LogP contribution in [0.2, 0.25) is 0 Å². The van der Waals surface area contributed by atoms with E-state index >= 15 is 0 Å². The number of amides is 1. The number of ketones is 1. The van der Waals surface area contributed by atoms with E-state index in [0.717, 1.165) is 12.0 Å². The Hall–Kier alpha value is -4.35. The second-order valence-corrected chi connectivity index (χ2v) is 12.3. The number of nitrogens with zero attached hydrogens (tertiary/aromatic N) is 3. The Balaban J connectivity index is 1.39. The first-order valence-electron chi connectivity index (χ1n) is 13.9. The predicted molar refractivity (Wildman–Crippen MR) is 165 cm³/mol. The van der Waals surface area contributed by atoms with E-state index in [1.807, 2.05) is 19.9 Å². The van der Waals surface area contributed by atoms with Gasteiger partial charge < -0.3 is 19.3 Å². The molecule has 4 aromatic rings. The van der Waals surface area contributed by atoms with Gasteiger partial charge in [0.2, 0.25) is 5.13 Å². The van der Waals surface area contributed by atoms with Crippen molar-refractivity contribution in [2.75, 3.05) is 24.7 Å². The molecule has 1 amide bonds. The Labute approximate surface area is 257 Å². The second-order valence-electron chi connectivity index (χ2n) is 10.1. The van der Waals surface area contributed by atoms with Crippen LogP contribution in [0.5, 0.6) is 17.2 Å². The van der Waals surface area contributed by atoms with Gasteiger partial charge in [0.1, 0.15) is 24.7 Å². The first-order valence-corrected chi connectivity index (χ1v) is 15.7. The molecule has 43 heavy (non-hydrogen) atoms. The summed E-state index contributed by atoms with van der Waals surface area (Å²) in [4.78, 5) is 28.6. The number of hydrogen-bond acceptors (Lipinski definition) is 10. The maximum Gasteiger partial charge on any atom is 0.301 e. The van der Waals surface area contributed by atoms with E-state index in [4.69, 9.17) is 14.2 Å². The molecule has 9 nitrogen and oxygen atoms in total. The number of hydrogen-bond donors (Lipinski definition) is 1. The highest BCUT2D eigenvalue weighted by molar-refractivity contribution is 8.00. The van der Waals surface area contributed by atoms with Gasteiger partial charge in [-0.15, -0.1) is 10.2 Å². The maximum atomic E-state index is 13.6. The zero-order valence-corrected chi connectivity index (χ0v) is 25.2. The van der Waals surface area contributed by atoms with Crippen molar-refractivity contribution in [1.82, 2.24) is 10.2 Å². The standard InChI is InChI=1S/C32H29N3O6S2/c1-3-13-39-23-6-4-5-21(16-23)27-26(28(36)22-11-12-24-25(17-22)41-15-14-40-24)29(37)30(38)35(27)31-33-34-32(43-31)42-18-20-9-7-19(2)8-10-20/h4-12,16-17,27,36H,3,13-15,18H2,1-2H3/b28-26+. The van der Waals surface area contributed by atoms with Crippen molar-refractivity contribution in [3.8, 4) is 17.2 Å². The lowest BCUT2D eigenvalue weighted by Gasteiger charge is -2.23. The Morgan fingerprint density at radius 3 is 2.63 bits per heavy atom. The molecular formula is C32H29N3O6S2. The molecule has 0 aliphatic carbocycles. The number of anilines is 1. The largest absolute Gasteiger partial charge is 0.507 e. The molecule has 11 heteroatoms. The predicted octanol–water partition coefficient (Wildman–Crippen LogP) is 6.33. The number of carbonyl (C=O) groups excluding carboxylic acids is 2. The first-order chi connectivity index (χ1) is 20.9. The van der Waals surface area contributed by atoms with Crippen LogP contribution in [-0.4, -0.2) is 46.8 Å². The summed E-state index contributed by atoms with van der Waals surface area (Å²) in [5, 5.41) is 20.4. The monoisotopic (exact) mass is 615 g/mol. The SMILES string of the molecule is CCCOc1cccc(C2/C(=C(\O)c3ccc4c(c3)OCCO4)C(=O)C(=O)N2c2nnc(SCc3ccc(C)cc3)s2)c1. The van der Waals surface area contributed by atoms with Crippen LogP contribution in [0.1, 0.15) is 41.6 Å². The molecule has 1 saturated heterocycles. The van der Waals surface area contributed by atoms with E-state index in [9.17, 15) is 14.7 Å². The van der Waals surface area contributed by atoms with Crippen molar-refractivity contribution < 1.29 is 28.9 Å². The second kappa shape index (κ2) is 12.5. The Morgan fingerprint density at radius 1 is 1.05 bits per heavy atom. The number of fused-ring (bicyclic) bond motifs is 1. The van der Waals surface area contributed by atoms with E-state index in [-0.39, 0.29) is 16.5 Å². The van der Waals surface area contributed by atoms with Crippen LogP contribution < -0.4 is 19.1 Å². The fourth-order valence-corrected chi connectivity index (χ4v) is 6.70. The molecule has 0 saturated carbocycles. The van der Waals surface area contributed by atoms with Crippen LogP contribution in [0, 0.1) is 6.92 Å². The smallest absolute Gasteiger partial charge is 0.301 e. The van der Waals surface area contributed by atoms with Crippen LogP contribution in [0.3, 0.4) is 0 Å². The van der Waals surface area contributed by atoms with E-state index in [1.165, 1.54) is 33.6 Å². The third kappa shape index (κ3) is 5.95. The third-order valence-electron chi connectivity index (χ3n) is 6.99. The van der Waals surface area contributed by atoms with E-state index in [1.54, 1.807) is 36.4 Å². The first kappa shape index (κ1) is 28.8. The van der Waals surface area contributed by atoms with Gasteiger partial charge in [-0.1, -0.05) is 72.0 Å². The van der Waals surface area contributed by atoms with Crippen molar-refractivity contribution in [3.05, 3.63) is 94.6 Å². The summed E-state index contributed by atoms with van der Waals surface area (Å²) in [6, 6.07) is 19.4. The number of aliphatic hydroxyl groups excluding tert-OH is 1. The third-order valence-corrected chi connectivity index (χ3v) is 9.12. The fourth-order valence-electron chi connectivity index (χ4n) is 4.87. The van der Waals surface area contributed by atoms with Gasteiger partial charge in [-0.3, -0.25) is 14.5 Å². The Kier molecular flexibility index (Phi) is 8.35. The molecule has 3 heterocycles. The van der Waals surface area contributed by atoms with Gasteiger partial charge in [0, 0.05) is 11.3 Å². The molecule has 0 radical (unpaired) electrons. The number of carbonyl (C=O) groups is 2. The molecule has 0 spiro atoms. The Morgan fingerprint density at radius 2 is 1.84 bits per heavy atom. The lowest BCUT2D eigenvalue weighted by molar-refractivity contribution is -0.132. The summed E-state index contributed by atoms with van der Waals surface area (Å²) < 4.78 is 17.8. The molecule has 0 bridgehead atoms. The number of benzene rings is 3. The summed E-state index contributed by atoms with van der Waals surface area (Å²) in [6.45, 7) is 5.36. The average Bonchev–Trinajstić information content (AvgIpc) is 3.61. The van der Waals surface area contributed by atoms with Crippen molar-refractivity contribution in [2.24, 2.45) is 0 Å². The molecule has 2 aliphatic heterocycles. The van der Waals surface area contributed by atoms with Crippen LogP contribution in [0.15, 0.2) is 76.6 Å². The summed E-state index contributed by atoms with van der Waals surface area (Å²) in [5.74, 6) is 0.340. The van der Waals surface area contributed by atoms with Crippen molar-refractivity contribution in [2.45, 2.75) is 36.4 Å². The molecule has 1 atom stereocenters. The van der Waals surface area contributed by atoms with Gasteiger partial charge in [-0.25, -0.2) is 0 Å². The average molecular weight is 616 g/mol. The number of aryl methyl sites for hydroxylation is 1. The minimum Gasteiger partial charge on any atom is -0.507 e. The van der Waals surface area contributed by atoms with Crippen molar-refractivity contribution in [3.63, 3.8) is 0 Å².